The summed E-state index contributed by atoms with van der Waals surface area (Å²) in [6, 6.07) is 15.8. The fourth-order valence-corrected chi connectivity index (χ4v) is 2.28. The van der Waals surface area contributed by atoms with E-state index in [4.69, 9.17) is 0 Å². The Morgan fingerprint density at radius 3 is 2.57 bits per heavy atom. The standard InChI is InChI=1S/C18H13N3O2/c1-11-6-8-12(9-7-11)16(22)14(10-19)17-20-15-5-3-2-4-13(15)18(23)21-17/h2-9,22H,1H3,(H,20,21,23)/b16-14-. The third kappa shape index (κ3) is 2.70. The van der Waals surface area contributed by atoms with E-state index in [9.17, 15) is 15.2 Å². The molecule has 0 fully saturated rings. The number of rotatable bonds is 2. The van der Waals surface area contributed by atoms with Gasteiger partial charge in [0.05, 0.1) is 10.9 Å². The average molecular weight is 303 g/mol. The predicted octanol–water partition coefficient (Wildman–Crippen LogP) is 3.18. The highest BCUT2D eigenvalue weighted by molar-refractivity contribution is 5.93. The van der Waals surface area contributed by atoms with Crippen LogP contribution in [0.3, 0.4) is 0 Å². The normalized spacial score (nSPS) is 11.8. The van der Waals surface area contributed by atoms with Crippen molar-refractivity contribution < 1.29 is 5.11 Å². The molecule has 0 amide bonds. The van der Waals surface area contributed by atoms with Gasteiger partial charge in [0.2, 0.25) is 0 Å². The van der Waals surface area contributed by atoms with E-state index >= 15 is 0 Å². The van der Waals surface area contributed by atoms with Gasteiger partial charge in [-0.1, -0.05) is 42.0 Å². The molecule has 3 aromatic rings. The number of benzene rings is 2. The molecule has 5 nitrogen and oxygen atoms in total. The second kappa shape index (κ2) is 5.78. The van der Waals surface area contributed by atoms with E-state index in [2.05, 4.69) is 9.97 Å². The molecule has 0 bridgehead atoms. The van der Waals surface area contributed by atoms with Crippen molar-refractivity contribution in [2.24, 2.45) is 0 Å². The molecule has 0 radical (unpaired) electrons. The van der Waals surface area contributed by atoms with E-state index in [0.29, 0.717) is 16.5 Å². The molecule has 0 atom stereocenters. The maximum absolute atomic E-state index is 12.1. The highest BCUT2D eigenvalue weighted by Gasteiger charge is 2.14. The van der Waals surface area contributed by atoms with Gasteiger partial charge in [-0.3, -0.25) is 4.79 Å². The van der Waals surface area contributed by atoms with Gasteiger partial charge >= 0.3 is 0 Å². The van der Waals surface area contributed by atoms with Crippen molar-refractivity contribution in [3.05, 3.63) is 75.8 Å². The van der Waals surface area contributed by atoms with Gasteiger partial charge in [-0.15, -0.1) is 0 Å². The number of fused-ring (bicyclic) bond motifs is 1. The zero-order chi connectivity index (χ0) is 16.4. The van der Waals surface area contributed by atoms with E-state index in [1.54, 1.807) is 36.4 Å². The number of nitrogens with zero attached hydrogens (tertiary/aromatic N) is 2. The first-order valence-electron chi connectivity index (χ1n) is 7.00. The molecule has 0 spiro atoms. The summed E-state index contributed by atoms with van der Waals surface area (Å²) in [7, 11) is 0. The number of aromatic nitrogens is 2. The van der Waals surface area contributed by atoms with Crippen LogP contribution in [0.15, 0.2) is 53.3 Å². The number of hydrogen-bond acceptors (Lipinski definition) is 4. The molecule has 1 heterocycles. The summed E-state index contributed by atoms with van der Waals surface area (Å²) in [6.07, 6.45) is 0. The minimum atomic E-state index is -0.352. The summed E-state index contributed by atoms with van der Waals surface area (Å²) in [5.74, 6) is -0.166. The van der Waals surface area contributed by atoms with E-state index in [1.165, 1.54) is 0 Å². The summed E-state index contributed by atoms with van der Waals surface area (Å²) in [5, 5.41) is 20.2. The van der Waals surface area contributed by atoms with Crippen LogP contribution in [0.4, 0.5) is 0 Å². The minimum absolute atomic E-state index is 0.0503. The molecule has 2 aromatic carbocycles. The predicted molar refractivity (Wildman–Crippen MR) is 88.6 cm³/mol. The third-order valence-electron chi connectivity index (χ3n) is 3.52. The van der Waals surface area contributed by atoms with E-state index in [0.717, 1.165) is 5.56 Å². The van der Waals surface area contributed by atoms with Crippen LogP contribution in [0.2, 0.25) is 0 Å². The second-order valence-electron chi connectivity index (χ2n) is 5.13. The molecule has 112 valence electrons. The molecular weight excluding hydrogens is 290 g/mol. The third-order valence-corrected chi connectivity index (χ3v) is 3.52. The van der Waals surface area contributed by atoms with Crippen LogP contribution in [0.1, 0.15) is 17.0 Å². The Hall–Kier alpha value is -3.39. The van der Waals surface area contributed by atoms with Crippen molar-refractivity contribution in [1.82, 2.24) is 9.97 Å². The molecule has 0 saturated carbocycles. The van der Waals surface area contributed by atoms with Crippen LogP contribution >= 0.6 is 0 Å². The van der Waals surface area contributed by atoms with Crippen LogP contribution in [-0.4, -0.2) is 15.1 Å². The van der Waals surface area contributed by atoms with Crippen molar-refractivity contribution in [2.75, 3.05) is 0 Å². The van der Waals surface area contributed by atoms with Gasteiger partial charge in [-0.25, -0.2) is 4.98 Å². The first-order chi connectivity index (χ1) is 11.1. The number of aromatic amines is 1. The van der Waals surface area contributed by atoms with Crippen LogP contribution in [0.25, 0.3) is 22.2 Å². The summed E-state index contributed by atoms with van der Waals surface area (Å²) in [4.78, 5) is 18.9. The van der Waals surface area contributed by atoms with Crippen molar-refractivity contribution in [1.29, 1.82) is 5.26 Å². The van der Waals surface area contributed by atoms with Gasteiger partial charge in [0, 0.05) is 5.56 Å². The van der Waals surface area contributed by atoms with E-state index in [-0.39, 0.29) is 22.7 Å². The van der Waals surface area contributed by atoms with Crippen LogP contribution in [-0.2, 0) is 0 Å². The Bertz CT molecular complexity index is 1010. The molecular formula is C18H13N3O2. The van der Waals surface area contributed by atoms with Gasteiger partial charge in [0.15, 0.2) is 5.82 Å². The van der Waals surface area contributed by atoms with Crippen LogP contribution < -0.4 is 5.56 Å². The number of aryl methyl sites for hydroxylation is 1. The first-order valence-corrected chi connectivity index (χ1v) is 7.00. The maximum atomic E-state index is 12.1. The van der Waals surface area contributed by atoms with Crippen molar-refractivity contribution >= 4 is 22.2 Å². The number of hydrogen-bond donors (Lipinski definition) is 2. The molecule has 5 heteroatoms. The van der Waals surface area contributed by atoms with Gasteiger partial charge in [0.25, 0.3) is 5.56 Å². The number of nitriles is 1. The van der Waals surface area contributed by atoms with Gasteiger partial charge in [-0.05, 0) is 19.1 Å². The van der Waals surface area contributed by atoms with Crippen LogP contribution in [0, 0.1) is 18.3 Å². The van der Waals surface area contributed by atoms with E-state index < -0.39 is 0 Å². The quantitative estimate of drug-likeness (QED) is 0.562. The monoisotopic (exact) mass is 303 g/mol. The topological polar surface area (TPSA) is 89.8 Å². The Morgan fingerprint density at radius 1 is 1.17 bits per heavy atom. The van der Waals surface area contributed by atoms with Crippen molar-refractivity contribution in [3.63, 3.8) is 0 Å². The summed E-state index contributed by atoms with van der Waals surface area (Å²) in [5.41, 5.74) is 1.57. The molecule has 2 N–H and O–H groups in total. The largest absolute Gasteiger partial charge is 0.506 e. The molecule has 0 unspecified atom stereocenters. The summed E-state index contributed by atoms with van der Waals surface area (Å²) in [6.45, 7) is 1.93. The number of allylic oxidation sites excluding steroid dienone is 1. The lowest BCUT2D eigenvalue weighted by Crippen LogP contribution is -2.11. The Balaban J connectivity index is 2.22. The number of aliphatic hydroxyl groups excluding tert-OH is 1. The smallest absolute Gasteiger partial charge is 0.259 e. The first kappa shape index (κ1) is 14.5. The van der Waals surface area contributed by atoms with Crippen LogP contribution in [0.5, 0.6) is 0 Å². The second-order valence-corrected chi connectivity index (χ2v) is 5.13. The molecule has 1 aromatic heterocycles. The lowest BCUT2D eigenvalue weighted by Gasteiger charge is -2.06. The molecule has 0 aliphatic carbocycles. The Morgan fingerprint density at radius 2 is 1.87 bits per heavy atom. The highest BCUT2D eigenvalue weighted by atomic mass is 16.3. The lowest BCUT2D eigenvalue weighted by molar-refractivity contribution is 0.513. The molecule has 0 aliphatic heterocycles. The molecule has 23 heavy (non-hydrogen) atoms. The van der Waals surface area contributed by atoms with Gasteiger partial charge in [-0.2, -0.15) is 5.26 Å². The Kier molecular flexibility index (Phi) is 3.65. The van der Waals surface area contributed by atoms with Gasteiger partial charge < -0.3 is 10.1 Å². The molecule has 0 saturated heterocycles. The SMILES string of the molecule is Cc1ccc(/C(O)=C(\C#N)c2nc3ccccc3c(=O)[nH]2)cc1. The summed E-state index contributed by atoms with van der Waals surface area (Å²) < 4.78 is 0. The lowest BCUT2D eigenvalue weighted by atomic mass is 10.1. The number of nitrogens with one attached hydrogen (secondary N) is 1. The van der Waals surface area contributed by atoms with E-state index in [1.807, 2.05) is 25.1 Å². The highest BCUT2D eigenvalue weighted by Crippen LogP contribution is 2.22. The number of para-hydroxylation sites is 1. The van der Waals surface area contributed by atoms with Crippen molar-refractivity contribution in [2.45, 2.75) is 6.92 Å². The zero-order valence-corrected chi connectivity index (χ0v) is 12.4. The fraction of sp³-hybridized carbons (Fsp3) is 0.0556. The Labute approximate surface area is 132 Å². The maximum Gasteiger partial charge on any atom is 0.259 e. The van der Waals surface area contributed by atoms with Crippen molar-refractivity contribution in [3.8, 4) is 6.07 Å². The van der Waals surface area contributed by atoms with Gasteiger partial charge in [0.1, 0.15) is 17.4 Å². The number of aliphatic hydroxyl groups is 1. The average Bonchev–Trinajstić information content (AvgIpc) is 2.56. The molecule has 3 rings (SSSR count). The minimum Gasteiger partial charge on any atom is -0.506 e. The zero-order valence-electron chi connectivity index (χ0n) is 12.4. The fourth-order valence-electron chi connectivity index (χ4n) is 2.28. The summed E-state index contributed by atoms with van der Waals surface area (Å²) >= 11 is 0. The molecule has 0 aliphatic rings. The number of H-pyrrole nitrogens is 1.